The van der Waals surface area contributed by atoms with E-state index in [0.717, 1.165) is 5.56 Å². The van der Waals surface area contributed by atoms with E-state index in [2.05, 4.69) is 19.9 Å². The van der Waals surface area contributed by atoms with Gasteiger partial charge in [0.1, 0.15) is 0 Å². The maximum atomic E-state index is 12.1. The highest BCUT2D eigenvalue weighted by Gasteiger charge is 2.18. The Labute approximate surface area is 107 Å². The summed E-state index contributed by atoms with van der Waals surface area (Å²) in [6, 6.07) is 8.00. The number of nitrogens with two attached hydrogens (primary N) is 1. The summed E-state index contributed by atoms with van der Waals surface area (Å²) in [7, 11) is -0.857. The summed E-state index contributed by atoms with van der Waals surface area (Å²) < 4.78 is 12.1. The highest BCUT2D eigenvalue weighted by atomic mass is 32.2. The third-order valence-electron chi connectivity index (χ3n) is 3.17. The van der Waals surface area contributed by atoms with Crippen LogP contribution < -0.4 is 5.73 Å². The van der Waals surface area contributed by atoms with Crippen molar-refractivity contribution in [1.29, 1.82) is 0 Å². The third kappa shape index (κ3) is 4.25. The van der Waals surface area contributed by atoms with Crippen molar-refractivity contribution in [2.24, 2.45) is 11.7 Å². The van der Waals surface area contributed by atoms with Gasteiger partial charge in [-0.2, -0.15) is 0 Å². The van der Waals surface area contributed by atoms with E-state index >= 15 is 0 Å². The monoisotopic (exact) mass is 253 g/mol. The van der Waals surface area contributed by atoms with Crippen LogP contribution in [0.3, 0.4) is 0 Å². The van der Waals surface area contributed by atoms with Crippen molar-refractivity contribution in [2.45, 2.75) is 39.0 Å². The first-order chi connectivity index (χ1) is 7.91. The van der Waals surface area contributed by atoms with E-state index in [1.165, 1.54) is 5.56 Å². The fraction of sp³-hybridized carbons (Fsp3) is 0.571. The molecule has 0 saturated heterocycles. The number of benzene rings is 1. The quantitative estimate of drug-likeness (QED) is 0.877. The minimum Gasteiger partial charge on any atom is -0.323 e. The van der Waals surface area contributed by atoms with E-state index in [0.29, 0.717) is 11.7 Å². The van der Waals surface area contributed by atoms with Gasteiger partial charge in [-0.05, 0) is 18.4 Å². The van der Waals surface area contributed by atoms with Crippen LogP contribution in [-0.4, -0.2) is 15.2 Å². The minimum atomic E-state index is -0.857. The Morgan fingerprint density at radius 2 is 1.94 bits per heavy atom. The highest BCUT2D eigenvalue weighted by molar-refractivity contribution is 7.85. The molecule has 3 unspecified atom stereocenters. The molecular weight excluding hydrogens is 230 g/mol. The summed E-state index contributed by atoms with van der Waals surface area (Å²) in [5.41, 5.74) is 8.38. The number of rotatable bonds is 5. The predicted molar refractivity (Wildman–Crippen MR) is 75.4 cm³/mol. The molecule has 0 aliphatic rings. The molecule has 17 heavy (non-hydrogen) atoms. The number of hydrogen-bond donors (Lipinski definition) is 1. The predicted octanol–water partition coefficient (Wildman–Crippen LogP) is 2.79. The van der Waals surface area contributed by atoms with E-state index in [9.17, 15) is 4.21 Å². The van der Waals surface area contributed by atoms with Crippen LogP contribution in [0.5, 0.6) is 0 Å². The lowest BCUT2D eigenvalue weighted by Gasteiger charge is -2.18. The molecule has 96 valence electrons. The van der Waals surface area contributed by atoms with Crippen molar-refractivity contribution >= 4 is 10.8 Å². The molecule has 0 saturated carbocycles. The molecule has 2 nitrogen and oxygen atoms in total. The van der Waals surface area contributed by atoms with Crippen LogP contribution >= 0.6 is 0 Å². The van der Waals surface area contributed by atoms with Gasteiger partial charge in [-0.25, -0.2) is 0 Å². The molecule has 2 N–H and O–H groups in total. The molecule has 0 aliphatic heterocycles. The number of hydrogen-bond acceptors (Lipinski definition) is 2. The van der Waals surface area contributed by atoms with E-state index in [1.807, 2.05) is 32.0 Å². The average Bonchev–Trinajstić information content (AvgIpc) is 2.27. The zero-order chi connectivity index (χ0) is 13.0. The van der Waals surface area contributed by atoms with Gasteiger partial charge in [-0.1, -0.05) is 50.6 Å². The summed E-state index contributed by atoms with van der Waals surface area (Å²) in [6.07, 6.45) is 0. The Kier molecular flexibility index (Phi) is 5.34. The lowest BCUT2D eigenvalue weighted by Crippen LogP contribution is -2.26. The fourth-order valence-electron chi connectivity index (χ4n) is 1.63. The van der Waals surface area contributed by atoms with Crippen LogP contribution in [0.4, 0.5) is 0 Å². The summed E-state index contributed by atoms with van der Waals surface area (Å²) in [5, 5.41) is 0.200. The smallest absolute Gasteiger partial charge is 0.0431 e. The normalized spacial score (nSPS) is 16.8. The van der Waals surface area contributed by atoms with Gasteiger partial charge in [-0.3, -0.25) is 4.21 Å². The molecule has 0 heterocycles. The summed E-state index contributed by atoms with van der Waals surface area (Å²) in [4.78, 5) is 0. The average molecular weight is 253 g/mol. The summed E-state index contributed by atoms with van der Waals surface area (Å²) in [5.74, 6) is 0.976. The van der Waals surface area contributed by atoms with Gasteiger partial charge in [0.15, 0.2) is 0 Å². The van der Waals surface area contributed by atoms with Gasteiger partial charge in [0.2, 0.25) is 0 Å². The SMILES string of the molecule is Cc1cccc(C(N)CS(=O)C(C)C(C)C)c1. The molecule has 1 aromatic carbocycles. The molecule has 0 fully saturated rings. The first kappa shape index (κ1) is 14.4. The zero-order valence-corrected chi connectivity index (χ0v) is 12.0. The first-order valence-electron chi connectivity index (χ1n) is 6.11. The second kappa shape index (κ2) is 6.31. The molecule has 1 rings (SSSR count). The van der Waals surface area contributed by atoms with Crippen molar-refractivity contribution < 1.29 is 4.21 Å². The molecule has 0 aliphatic carbocycles. The van der Waals surface area contributed by atoms with Crippen LogP contribution in [-0.2, 0) is 10.8 Å². The maximum Gasteiger partial charge on any atom is 0.0431 e. The molecule has 0 aromatic heterocycles. The molecule has 3 heteroatoms. The van der Waals surface area contributed by atoms with Gasteiger partial charge in [0.25, 0.3) is 0 Å². The first-order valence-corrected chi connectivity index (χ1v) is 7.49. The maximum absolute atomic E-state index is 12.1. The van der Waals surface area contributed by atoms with Crippen LogP contribution in [0, 0.1) is 12.8 Å². The van der Waals surface area contributed by atoms with Gasteiger partial charge in [0, 0.05) is 27.8 Å². The Bertz CT molecular complexity index is 390. The minimum absolute atomic E-state index is 0.128. The second-order valence-corrected chi connectivity index (χ2v) is 6.86. The molecule has 0 amide bonds. The Hall–Kier alpha value is -0.670. The Morgan fingerprint density at radius 3 is 2.47 bits per heavy atom. The lowest BCUT2D eigenvalue weighted by molar-refractivity contribution is 0.601. The highest BCUT2D eigenvalue weighted by Crippen LogP contribution is 2.17. The van der Waals surface area contributed by atoms with Crippen molar-refractivity contribution in [2.75, 3.05) is 5.75 Å². The van der Waals surface area contributed by atoms with E-state index in [4.69, 9.17) is 5.73 Å². The lowest BCUT2D eigenvalue weighted by atomic mass is 10.1. The van der Waals surface area contributed by atoms with Gasteiger partial charge in [0.05, 0.1) is 0 Å². The molecule has 0 bridgehead atoms. The third-order valence-corrected chi connectivity index (χ3v) is 5.23. The fourth-order valence-corrected chi connectivity index (χ4v) is 3.09. The van der Waals surface area contributed by atoms with Gasteiger partial charge < -0.3 is 5.73 Å². The van der Waals surface area contributed by atoms with E-state index < -0.39 is 10.8 Å². The van der Waals surface area contributed by atoms with Gasteiger partial charge >= 0.3 is 0 Å². The van der Waals surface area contributed by atoms with E-state index in [1.54, 1.807) is 0 Å². The summed E-state index contributed by atoms with van der Waals surface area (Å²) >= 11 is 0. The second-order valence-electron chi connectivity index (χ2n) is 5.02. The van der Waals surface area contributed by atoms with Crippen molar-refractivity contribution in [3.05, 3.63) is 35.4 Å². The zero-order valence-electron chi connectivity index (χ0n) is 11.1. The Balaban J connectivity index is 2.66. The molecule has 3 atom stereocenters. The number of aryl methyl sites for hydroxylation is 1. The van der Waals surface area contributed by atoms with Crippen molar-refractivity contribution in [3.8, 4) is 0 Å². The van der Waals surface area contributed by atoms with Crippen molar-refractivity contribution in [3.63, 3.8) is 0 Å². The molecular formula is C14H23NOS. The van der Waals surface area contributed by atoms with Gasteiger partial charge in [-0.15, -0.1) is 0 Å². The van der Waals surface area contributed by atoms with Crippen LogP contribution in [0.25, 0.3) is 0 Å². The largest absolute Gasteiger partial charge is 0.323 e. The topological polar surface area (TPSA) is 43.1 Å². The van der Waals surface area contributed by atoms with Crippen molar-refractivity contribution in [1.82, 2.24) is 0 Å². The van der Waals surface area contributed by atoms with Crippen LogP contribution in [0.2, 0.25) is 0 Å². The van der Waals surface area contributed by atoms with Crippen LogP contribution in [0.1, 0.15) is 37.9 Å². The molecule has 0 radical (unpaired) electrons. The van der Waals surface area contributed by atoms with Crippen LogP contribution in [0.15, 0.2) is 24.3 Å². The Morgan fingerprint density at radius 1 is 1.29 bits per heavy atom. The molecule has 1 aromatic rings. The molecule has 0 spiro atoms. The van der Waals surface area contributed by atoms with E-state index in [-0.39, 0.29) is 11.3 Å². The standard InChI is InChI=1S/C14H23NOS/c1-10(2)12(4)17(16)9-14(15)13-7-5-6-11(3)8-13/h5-8,10,12,14H,9,15H2,1-4H3. The summed E-state index contributed by atoms with van der Waals surface area (Å²) in [6.45, 7) is 8.27.